The van der Waals surface area contributed by atoms with Gasteiger partial charge in [0.2, 0.25) is 0 Å². The van der Waals surface area contributed by atoms with Gasteiger partial charge in [0, 0.05) is 30.3 Å². The zero-order chi connectivity index (χ0) is 17.0. The first-order valence-electron chi connectivity index (χ1n) is 7.08. The highest BCUT2D eigenvalue weighted by Gasteiger charge is 2.26. The maximum atomic E-state index is 13.8. The van der Waals surface area contributed by atoms with Gasteiger partial charge in [0.25, 0.3) is 0 Å². The van der Waals surface area contributed by atoms with E-state index in [-0.39, 0.29) is 24.4 Å². The van der Waals surface area contributed by atoms with E-state index in [1.54, 1.807) is 18.2 Å². The van der Waals surface area contributed by atoms with Crippen LogP contribution < -0.4 is 10.1 Å². The number of hydrogen-bond donors (Lipinski definition) is 3. The SMILES string of the molecule is COc1cccc(CNCC(C)(O)c2ccc(F)cc2F)c1O. The summed E-state index contributed by atoms with van der Waals surface area (Å²) in [6, 6.07) is 8.11. The van der Waals surface area contributed by atoms with Crippen molar-refractivity contribution in [2.45, 2.75) is 19.1 Å². The third-order valence-corrected chi connectivity index (χ3v) is 3.60. The van der Waals surface area contributed by atoms with Gasteiger partial charge >= 0.3 is 0 Å². The van der Waals surface area contributed by atoms with Crippen LogP contribution in [0.15, 0.2) is 36.4 Å². The fraction of sp³-hybridized carbons (Fsp3) is 0.294. The number of benzene rings is 2. The van der Waals surface area contributed by atoms with Crippen molar-refractivity contribution in [1.29, 1.82) is 0 Å². The molecule has 0 amide bonds. The Labute approximate surface area is 133 Å². The number of halogens is 2. The zero-order valence-electron chi connectivity index (χ0n) is 12.9. The quantitative estimate of drug-likeness (QED) is 0.765. The van der Waals surface area contributed by atoms with Crippen molar-refractivity contribution in [2.75, 3.05) is 13.7 Å². The average Bonchev–Trinajstić information content (AvgIpc) is 2.48. The molecule has 4 nitrogen and oxygen atoms in total. The van der Waals surface area contributed by atoms with Crippen LogP contribution in [-0.2, 0) is 12.1 Å². The second-order valence-corrected chi connectivity index (χ2v) is 5.47. The van der Waals surface area contributed by atoms with Gasteiger partial charge in [-0.05, 0) is 19.1 Å². The van der Waals surface area contributed by atoms with Crippen LogP contribution in [0.2, 0.25) is 0 Å². The molecule has 0 saturated carbocycles. The van der Waals surface area contributed by atoms with E-state index in [4.69, 9.17) is 4.74 Å². The van der Waals surface area contributed by atoms with Crippen LogP contribution in [0.25, 0.3) is 0 Å². The molecule has 0 aromatic heterocycles. The molecule has 0 radical (unpaired) electrons. The molecule has 0 fully saturated rings. The second-order valence-electron chi connectivity index (χ2n) is 5.47. The highest BCUT2D eigenvalue weighted by Crippen LogP contribution is 2.29. The van der Waals surface area contributed by atoms with Crippen LogP contribution >= 0.6 is 0 Å². The van der Waals surface area contributed by atoms with E-state index in [2.05, 4.69) is 5.32 Å². The fourth-order valence-electron chi connectivity index (χ4n) is 2.34. The lowest BCUT2D eigenvalue weighted by Crippen LogP contribution is -2.36. The van der Waals surface area contributed by atoms with E-state index in [1.165, 1.54) is 20.1 Å². The number of phenolic OH excluding ortho intramolecular Hbond substituents is 1. The van der Waals surface area contributed by atoms with Gasteiger partial charge in [0.1, 0.15) is 17.2 Å². The van der Waals surface area contributed by atoms with Crippen molar-refractivity contribution in [1.82, 2.24) is 5.32 Å². The van der Waals surface area contributed by atoms with E-state index in [0.29, 0.717) is 11.3 Å². The number of aromatic hydroxyl groups is 1. The van der Waals surface area contributed by atoms with Gasteiger partial charge in [0.15, 0.2) is 11.5 Å². The number of methoxy groups -OCH3 is 1. The molecule has 0 aliphatic heterocycles. The van der Waals surface area contributed by atoms with E-state index >= 15 is 0 Å². The summed E-state index contributed by atoms with van der Waals surface area (Å²) in [7, 11) is 1.45. The Morgan fingerprint density at radius 3 is 2.61 bits per heavy atom. The molecule has 6 heteroatoms. The Bertz CT molecular complexity index is 690. The molecule has 0 aliphatic carbocycles. The van der Waals surface area contributed by atoms with Crippen molar-refractivity contribution in [3.63, 3.8) is 0 Å². The lowest BCUT2D eigenvalue weighted by molar-refractivity contribution is 0.0527. The summed E-state index contributed by atoms with van der Waals surface area (Å²) in [6.07, 6.45) is 0. The summed E-state index contributed by atoms with van der Waals surface area (Å²) in [6.45, 7) is 1.70. The maximum absolute atomic E-state index is 13.8. The standard InChI is InChI=1S/C17H19F2NO3/c1-17(22,13-7-6-12(18)8-14(13)19)10-20-9-11-4-3-5-15(23-2)16(11)21/h3-8,20-22H,9-10H2,1-2H3. The Morgan fingerprint density at radius 2 is 1.96 bits per heavy atom. The lowest BCUT2D eigenvalue weighted by atomic mass is 9.95. The van der Waals surface area contributed by atoms with Crippen LogP contribution in [0.1, 0.15) is 18.1 Å². The van der Waals surface area contributed by atoms with E-state index in [0.717, 1.165) is 12.1 Å². The number of rotatable bonds is 6. The van der Waals surface area contributed by atoms with Crippen molar-refractivity contribution in [2.24, 2.45) is 0 Å². The minimum atomic E-state index is -1.52. The summed E-state index contributed by atoms with van der Waals surface area (Å²) in [5.74, 6) is -1.15. The molecule has 3 N–H and O–H groups in total. The van der Waals surface area contributed by atoms with Crippen LogP contribution in [-0.4, -0.2) is 23.9 Å². The molecule has 1 atom stereocenters. The molecule has 0 saturated heterocycles. The topological polar surface area (TPSA) is 61.7 Å². The Hall–Kier alpha value is -2.18. The predicted octanol–water partition coefficient (Wildman–Crippen LogP) is 2.68. The number of aliphatic hydroxyl groups is 1. The molecule has 23 heavy (non-hydrogen) atoms. The van der Waals surface area contributed by atoms with Gasteiger partial charge in [-0.25, -0.2) is 8.78 Å². The third-order valence-electron chi connectivity index (χ3n) is 3.60. The lowest BCUT2D eigenvalue weighted by Gasteiger charge is -2.25. The van der Waals surface area contributed by atoms with Crippen molar-refractivity contribution in [3.8, 4) is 11.5 Å². The first-order valence-corrected chi connectivity index (χ1v) is 7.08. The van der Waals surface area contributed by atoms with Gasteiger partial charge < -0.3 is 20.3 Å². The average molecular weight is 323 g/mol. The van der Waals surface area contributed by atoms with Crippen LogP contribution in [0.3, 0.4) is 0 Å². The van der Waals surface area contributed by atoms with E-state index in [1.807, 2.05) is 0 Å². The molecule has 2 aromatic carbocycles. The van der Waals surface area contributed by atoms with E-state index in [9.17, 15) is 19.0 Å². The fourth-order valence-corrected chi connectivity index (χ4v) is 2.34. The first kappa shape index (κ1) is 17.2. The zero-order valence-corrected chi connectivity index (χ0v) is 12.9. The molecule has 2 aromatic rings. The highest BCUT2D eigenvalue weighted by molar-refractivity contribution is 5.45. The highest BCUT2D eigenvalue weighted by atomic mass is 19.1. The maximum Gasteiger partial charge on any atom is 0.162 e. The molecular formula is C17H19F2NO3. The Kier molecular flexibility index (Phi) is 5.18. The van der Waals surface area contributed by atoms with E-state index < -0.39 is 17.2 Å². The van der Waals surface area contributed by atoms with Crippen molar-refractivity contribution in [3.05, 3.63) is 59.2 Å². The second kappa shape index (κ2) is 6.93. The summed E-state index contributed by atoms with van der Waals surface area (Å²) in [5, 5.41) is 23.3. The molecule has 0 heterocycles. The van der Waals surface area contributed by atoms with Gasteiger partial charge in [-0.3, -0.25) is 0 Å². The largest absolute Gasteiger partial charge is 0.504 e. The van der Waals surface area contributed by atoms with Crippen molar-refractivity contribution < 1.29 is 23.7 Å². The first-order chi connectivity index (χ1) is 10.8. The number of phenols is 1. The van der Waals surface area contributed by atoms with Crippen LogP contribution in [0, 0.1) is 11.6 Å². The molecular weight excluding hydrogens is 304 g/mol. The predicted molar refractivity (Wildman–Crippen MR) is 82.3 cm³/mol. The molecule has 0 aliphatic rings. The summed E-state index contributed by atoms with van der Waals surface area (Å²) in [5.41, 5.74) is -0.937. The van der Waals surface area contributed by atoms with Gasteiger partial charge in [-0.2, -0.15) is 0 Å². The Morgan fingerprint density at radius 1 is 1.22 bits per heavy atom. The molecule has 1 unspecified atom stereocenters. The van der Waals surface area contributed by atoms with Gasteiger partial charge in [0.05, 0.1) is 7.11 Å². The minimum Gasteiger partial charge on any atom is -0.504 e. The summed E-state index contributed by atoms with van der Waals surface area (Å²) in [4.78, 5) is 0. The number of hydrogen-bond acceptors (Lipinski definition) is 4. The molecule has 2 rings (SSSR count). The van der Waals surface area contributed by atoms with Crippen LogP contribution in [0.5, 0.6) is 11.5 Å². The smallest absolute Gasteiger partial charge is 0.162 e. The van der Waals surface area contributed by atoms with Crippen molar-refractivity contribution >= 4 is 0 Å². The molecule has 124 valence electrons. The number of nitrogens with one attached hydrogen (secondary N) is 1. The summed E-state index contributed by atoms with van der Waals surface area (Å²) >= 11 is 0. The van der Waals surface area contributed by atoms with Gasteiger partial charge in [-0.1, -0.05) is 18.2 Å². The molecule has 0 spiro atoms. The number of ether oxygens (including phenoxy) is 1. The summed E-state index contributed by atoms with van der Waals surface area (Å²) < 4.78 is 31.7. The number of para-hydroxylation sites is 1. The monoisotopic (exact) mass is 323 g/mol. The van der Waals surface area contributed by atoms with Crippen LogP contribution in [0.4, 0.5) is 8.78 Å². The third kappa shape index (κ3) is 3.97. The minimum absolute atomic E-state index is 0.00117. The normalized spacial score (nSPS) is 13.6. The molecule has 0 bridgehead atoms. The Balaban J connectivity index is 2.05. The van der Waals surface area contributed by atoms with Gasteiger partial charge in [-0.15, -0.1) is 0 Å².